The number of rotatable bonds is 8. The Bertz CT molecular complexity index is 869. The molecule has 8 nitrogen and oxygen atoms in total. The lowest BCUT2D eigenvalue weighted by Crippen LogP contribution is -2.50. The second kappa shape index (κ2) is 9.41. The number of anilines is 1. The summed E-state index contributed by atoms with van der Waals surface area (Å²) in [6, 6.07) is 5.99. The Morgan fingerprint density at radius 3 is 3.10 bits per heavy atom. The van der Waals surface area contributed by atoms with Crippen molar-refractivity contribution in [3.8, 4) is 0 Å². The summed E-state index contributed by atoms with van der Waals surface area (Å²) in [5.41, 5.74) is 1.47. The van der Waals surface area contributed by atoms with Gasteiger partial charge in [0.05, 0.1) is 24.4 Å². The van der Waals surface area contributed by atoms with E-state index in [2.05, 4.69) is 14.9 Å². The summed E-state index contributed by atoms with van der Waals surface area (Å²) in [6.07, 6.45) is 8.44. The number of amides is 1. The molecule has 154 valence electrons. The van der Waals surface area contributed by atoms with Crippen LogP contribution in [0.3, 0.4) is 0 Å². The largest absolute Gasteiger partial charge is 0.383 e. The number of carbonyl (C=O) groups excluding carboxylic acids is 1. The number of hydroxylamine groups is 1. The molecule has 0 bridgehead atoms. The molecule has 0 saturated carbocycles. The summed E-state index contributed by atoms with van der Waals surface area (Å²) in [7, 11) is 1.71. The lowest BCUT2D eigenvalue weighted by molar-refractivity contribution is -0.123. The third-order valence-electron chi connectivity index (χ3n) is 5.29. The Morgan fingerprint density at radius 2 is 2.34 bits per heavy atom. The monoisotopic (exact) mass is 398 g/mol. The first kappa shape index (κ1) is 19.9. The molecule has 0 aliphatic carbocycles. The molecule has 0 radical (unpaired) electrons. The molecule has 3 heterocycles. The molecule has 8 heteroatoms. The Labute approximate surface area is 170 Å². The van der Waals surface area contributed by atoms with E-state index >= 15 is 0 Å². The van der Waals surface area contributed by atoms with Crippen LogP contribution in [0.25, 0.3) is 10.9 Å². The fourth-order valence-corrected chi connectivity index (χ4v) is 3.56. The zero-order chi connectivity index (χ0) is 20.1. The van der Waals surface area contributed by atoms with Crippen LogP contribution in [0.1, 0.15) is 12.8 Å². The highest BCUT2D eigenvalue weighted by Crippen LogP contribution is 2.23. The van der Waals surface area contributed by atoms with Crippen LogP contribution >= 0.6 is 0 Å². The number of ether oxygens (including phenoxy) is 2. The standard InChI is InChI=1S/C21H26N4O4/c1-27-13-18-6-9-24(18)8-2-3-21(26)25(29-19-7-10-28-14-19)17-4-5-20-16(11-17)12-22-15-23-20/h2-5,11-12,15,18-19H,6-10,13-14H2,1H3. The number of hydrogen-bond acceptors (Lipinski definition) is 7. The highest BCUT2D eigenvalue weighted by atomic mass is 16.7. The fraction of sp³-hybridized carbons (Fsp3) is 0.476. The van der Waals surface area contributed by atoms with Gasteiger partial charge in [0.15, 0.2) is 0 Å². The van der Waals surface area contributed by atoms with Gasteiger partial charge in [0, 0.05) is 56.9 Å². The van der Waals surface area contributed by atoms with Gasteiger partial charge in [-0.1, -0.05) is 6.08 Å². The Balaban J connectivity index is 1.48. The van der Waals surface area contributed by atoms with Gasteiger partial charge in [-0.2, -0.15) is 5.06 Å². The quantitative estimate of drug-likeness (QED) is 0.497. The molecule has 2 saturated heterocycles. The predicted octanol–water partition coefficient (Wildman–Crippen LogP) is 1.96. The van der Waals surface area contributed by atoms with Crippen LogP contribution in [-0.4, -0.2) is 72.9 Å². The molecule has 2 atom stereocenters. The van der Waals surface area contributed by atoms with E-state index in [4.69, 9.17) is 14.3 Å². The minimum atomic E-state index is -0.225. The summed E-state index contributed by atoms with van der Waals surface area (Å²) in [4.78, 5) is 29.5. The Hall–Kier alpha value is -2.39. The van der Waals surface area contributed by atoms with Crippen LogP contribution in [0, 0.1) is 0 Å². The van der Waals surface area contributed by atoms with Gasteiger partial charge in [-0.25, -0.2) is 9.97 Å². The lowest BCUT2D eigenvalue weighted by atomic mass is 10.0. The van der Waals surface area contributed by atoms with Gasteiger partial charge in [-0.15, -0.1) is 0 Å². The van der Waals surface area contributed by atoms with Crippen LogP contribution in [-0.2, 0) is 19.1 Å². The second-order valence-corrected chi connectivity index (χ2v) is 7.28. The third-order valence-corrected chi connectivity index (χ3v) is 5.29. The summed E-state index contributed by atoms with van der Waals surface area (Å²) in [5.74, 6) is -0.225. The molecule has 2 fully saturated rings. The van der Waals surface area contributed by atoms with Crippen LogP contribution in [0.15, 0.2) is 42.9 Å². The van der Waals surface area contributed by atoms with Crippen LogP contribution in [0.5, 0.6) is 0 Å². The van der Waals surface area contributed by atoms with Gasteiger partial charge in [-0.3, -0.25) is 14.5 Å². The third kappa shape index (κ3) is 4.79. The van der Waals surface area contributed by atoms with E-state index in [-0.39, 0.29) is 12.0 Å². The van der Waals surface area contributed by atoms with Gasteiger partial charge in [-0.05, 0) is 24.6 Å². The molecule has 4 rings (SSSR count). The molecule has 2 aliphatic heterocycles. The molecule has 2 aromatic rings. The molecule has 1 aromatic heterocycles. The molecule has 2 unspecified atom stereocenters. The van der Waals surface area contributed by atoms with Crippen molar-refractivity contribution in [2.24, 2.45) is 0 Å². The average Bonchev–Trinajstić information content (AvgIpc) is 3.25. The number of nitrogens with zero attached hydrogens (tertiary/aromatic N) is 4. The molecular weight excluding hydrogens is 372 g/mol. The summed E-state index contributed by atoms with van der Waals surface area (Å²) >= 11 is 0. The number of likely N-dealkylation sites (tertiary alicyclic amines) is 1. The minimum absolute atomic E-state index is 0.142. The average molecular weight is 398 g/mol. The fourth-order valence-electron chi connectivity index (χ4n) is 3.56. The van der Waals surface area contributed by atoms with E-state index in [1.165, 1.54) is 11.4 Å². The normalized spacial score (nSPS) is 22.2. The van der Waals surface area contributed by atoms with Crippen LogP contribution in [0.4, 0.5) is 5.69 Å². The topological polar surface area (TPSA) is 77.0 Å². The smallest absolute Gasteiger partial charge is 0.274 e. The Morgan fingerprint density at radius 1 is 1.41 bits per heavy atom. The van der Waals surface area contributed by atoms with Crippen molar-refractivity contribution < 1.29 is 19.1 Å². The Kier molecular flexibility index (Phi) is 6.46. The molecule has 0 N–H and O–H groups in total. The number of hydrogen-bond donors (Lipinski definition) is 0. The SMILES string of the molecule is COCC1CCN1CC=CC(=O)N(OC1CCOC1)c1ccc2ncncc2c1. The molecule has 0 spiro atoms. The second-order valence-electron chi connectivity index (χ2n) is 7.28. The minimum Gasteiger partial charge on any atom is -0.383 e. The number of methoxy groups -OCH3 is 1. The molecule has 29 heavy (non-hydrogen) atoms. The van der Waals surface area contributed by atoms with Crippen LogP contribution < -0.4 is 5.06 Å². The predicted molar refractivity (Wildman–Crippen MR) is 108 cm³/mol. The van der Waals surface area contributed by atoms with Crippen molar-refractivity contribution in [1.82, 2.24) is 14.9 Å². The highest BCUT2D eigenvalue weighted by molar-refractivity contribution is 6.01. The maximum atomic E-state index is 13.0. The first-order chi connectivity index (χ1) is 14.2. The summed E-state index contributed by atoms with van der Waals surface area (Å²) in [6.45, 7) is 3.58. The van der Waals surface area contributed by atoms with E-state index in [9.17, 15) is 4.79 Å². The van der Waals surface area contributed by atoms with E-state index in [1.54, 1.807) is 19.4 Å². The summed E-state index contributed by atoms with van der Waals surface area (Å²) in [5, 5.41) is 2.20. The number of aromatic nitrogens is 2. The first-order valence-corrected chi connectivity index (χ1v) is 9.92. The number of carbonyl (C=O) groups is 1. The number of fused-ring (bicyclic) bond motifs is 1. The molecule has 2 aliphatic rings. The number of benzene rings is 1. The summed E-state index contributed by atoms with van der Waals surface area (Å²) < 4.78 is 10.6. The van der Waals surface area contributed by atoms with Gasteiger partial charge >= 0.3 is 0 Å². The maximum absolute atomic E-state index is 13.0. The van der Waals surface area contributed by atoms with E-state index in [0.29, 0.717) is 31.5 Å². The van der Waals surface area contributed by atoms with Gasteiger partial charge in [0.25, 0.3) is 5.91 Å². The molecular formula is C21H26N4O4. The van der Waals surface area contributed by atoms with Gasteiger partial charge in [0.2, 0.25) is 0 Å². The highest BCUT2D eigenvalue weighted by Gasteiger charge is 2.27. The first-order valence-electron chi connectivity index (χ1n) is 9.92. The zero-order valence-electron chi connectivity index (χ0n) is 16.6. The van der Waals surface area contributed by atoms with E-state index < -0.39 is 0 Å². The van der Waals surface area contributed by atoms with Crippen molar-refractivity contribution in [3.05, 3.63) is 42.9 Å². The maximum Gasteiger partial charge on any atom is 0.274 e. The van der Waals surface area contributed by atoms with Crippen molar-refractivity contribution in [2.75, 3.05) is 45.1 Å². The molecule has 1 aromatic carbocycles. The van der Waals surface area contributed by atoms with E-state index in [1.807, 2.05) is 24.3 Å². The van der Waals surface area contributed by atoms with Crippen LogP contribution in [0.2, 0.25) is 0 Å². The molecule has 1 amide bonds. The van der Waals surface area contributed by atoms with Gasteiger partial charge in [0.1, 0.15) is 12.4 Å². The van der Waals surface area contributed by atoms with Crippen molar-refractivity contribution >= 4 is 22.5 Å². The van der Waals surface area contributed by atoms with Gasteiger partial charge < -0.3 is 9.47 Å². The van der Waals surface area contributed by atoms with Crippen molar-refractivity contribution in [1.29, 1.82) is 0 Å². The van der Waals surface area contributed by atoms with Crippen molar-refractivity contribution in [3.63, 3.8) is 0 Å². The van der Waals surface area contributed by atoms with E-state index in [0.717, 1.165) is 36.9 Å². The van der Waals surface area contributed by atoms with Crippen molar-refractivity contribution in [2.45, 2.75) is 25.0 Å². The lowest BCUT2D eigenvalue weighted by Gasteiger charge is -2.39. The zero-order valence-corrected chi connectivity index (χ0v) is 16.6.